The number of rotatable bonds is 8. The first-order valence-electron chi connectivity index (χ1n) is 6.75. The Morgan fingerprint density at radius 1 is 1.41 bits per heavy atom. The van der Waals surface area contributed by atoms with Crippen molar-refractivity contribution in [2.45, 2.75) is 18.9 Å². The summed E-state index contributed by atoms with van der Waals surface area (Å²) < 4.78 is 10.4. The number of anilines is 1. The Kier molecular flexibility index (Phi) is 7.94. The number of unbranched alkanes of at least 4 members (excludes halogenated alkanes) is 1. The third-order valence-electron chi connectivity index (χ3n) is 2.78. The van der Waals surface area contributed by atoms with E-state index < -0.39 is 11.0 Å². The van der Waals surface area contributed by atoms with E-state index in [1.807, 2.05) is 0 Å². The molecule has 0 heterocycles. The van der Waals surface area contributed by atoms with Crippen LogP contribution in [0.5, 0.6) is 11.5 Å². The Bertz CT molecular complexity index is 554. The van der Waals surface area contributed by atoms with Gasteiger partial charge in [0.2, 0.25) is 6.54 Å². The Balaban J connectivity index is 2.87. The van der Waals surface area contributed by atoms with E-state index in [1.165, 1.54) is 7.11 Å². The van der Waals surface area contributed by atoms with Gasteiger partial charge in [0.15, 0.2) is 6.04 Å². The highest BCUT2D eigenvalue weighted by atomic mass is 35.5. The molecule has 1 rings (SSSR count). The number of nitro groups is 1. The third-order valence-corrected chi connectivity index (χ3v) is 3.05. The first-order chi connectivity index (χ1) is 10.6. The smallest absolute Gasteiger partial charge is 0.234 e. The summed E-state index contributed by atoms with van der Waals surface area (Å²) >= 11 is 5.58. The van der Waals surface area contributed by atoms with Crippen LogP contribution in [0.2, 0.25) is 0 Å². The fourth-order valence-electron chi connectivity index (χ4n) is 1.73. The van der Waals surface area contributed by atoms with Gasteiger partial charge in [-0.2, -0.15) is 0 Å². The van der Waals surface area contributed by atoms with Crippen molar-refractivity contribution in [1.82, 2.24) is 0 Å². The molecule has 7 heteroatoms. The zero-order valence-corrected chi connectivity index (χ0v) is 13.4. The lowest BCUT2D eigenvalue weighted by atomic mass is 10.2. The van der Waals surface area contributed by atoms with Gasteiger partial charge < -0.3 is 14.8 Å². The van der Waals surface area contributed by atoms with Crippen molar-refractivity contribution in [3.8, 4) is 23.3 Å². The van der Waals surface area contributed by atoms with E-state index in [2.05, 4.69) is 17.2 Å². The molecular weight excluding hydrogens is 308 g/mol. The lowest BCUT2D eigenvalue weighted by Crippen LogP contribution is -2.27. The van der Waals surface area contributed by atoms with Crippen LogP contribution in [0.15, 0.2) is 18.2 Å². The zero-order chi connectivity index (χ0) is 16.4. The zero-order valence-electron chi connectivity index (χ0n) is 12.6. The highest BCUT2D eigenvalue weighted by Gasteiger charge is 2.15. The third kappa shape index (κ3) is 6.10. The van der Waals surface area contributed by atoms with E-state index in [-0.39, 0.29) is 6.54 Å². The van der Waals surface area contributed by atoms with Gasteiger partial charge in [0.05, 0.1) is 19.9 Å². The number of nitrogens with one attached hydrogen (secondary N) is 1. The van der Waals surface area contributed by atoms with Crippen LogP contribution in [0, 0.1) is 22.0 Å². The summed E-state index contributed by atoms with van der Waals surface area (Å²) in [5.74, 6) is 7.47. The molecule has 0 aliphatic carbocycles. The van der Waals surface area contributed by atoms with Crippen molar-refractivity contribution >= 4 is 17.3 Å². The fourth-order valence-corrected chi connectivity index (χ4v) is 1.87. The second kappa shape index (κ2) is 9.74. The summed E-state index contributed by atoms with van der Waals surface area (Å²) in [5.41, 5.74) is 0.627. The summed E-state index contributed by atoms with van der Waals surface area (Å²) in [6.07, 6.45) is 1.37. The molecule has 0 amide bonds. The monoisotopic (exact) mass is 326 g/mol. The van der Waals surface area contributed by atoms with Crippen LogP contribution >= 0.6 is 11.6 Å². The van der Waals surface area contributed by atoms with Gasteiger partial charge in [0, 0.05) is 23.3 Å². The van der Waals surface area contributed by atoms with E-state index in [4.69, 9.17) is 21.1 Å². The lowest BCUT2D eigenvalue weighted by Gasteiger charge is -2.15. The summed E-state index contributed by atoms with van der Waals surface area (Å²) in [6, 6.07) is 4.58. The van der Waals surface area contributed by atoms with Crippen LogP contribution in [0.25, 0.3) is 0 Å². The molecule has 0 bridgehead atoms. The summed E-state index contributed by atoms with van der Waals surface area (Å²) in [5, 5.41) is 13.8. The van der Waals surface area contributed by atoms with Crippen LogP contribution < -0.4 is 14.8 Å². The van der Waals surface area contributed by atoms with Gasteiger partial charge in [-0.15, -0.1) is 17.5 Å². The second-order valence-corrected chi connectivity index (χ2v) is 4.77. The molecule has 1 aromatic carbocycles. The number of methoxy groups -OCH3 is 2. The van der Waals surface area contributed by atoms with Crippen LogP contribution in [-0.2, 0) is 0 Å². The second-order valence-electron chi connectivity index (χ2n) is 4.39. The molecule has 0 unspecified atom stereocenters. The number of nitrogens with zero attached hydrogens (tertiary/aromatic N) is 1. The molecule has 0 saturated heterocycles. The van der Waals surface area contributed by atoms with Gasteiger partial charge in [0.1, 0.15) is 11.5 Å². The average Bonchev–Trinajstić information content (AvgIpc) is 2.51. The number of benzene rings is 1. The minimum Gasteiger partial charge on any atom is -0.497 e. The van der Waals surface area contributed by atoms with E-state index in [0.29, 0.717) is 29.5 Å². The topological polar surface area (TPSA) is 73.6 Å². The van der Waals surface area contributed by atoms with E-state index in [1.54, 1.807) is 25.3 Å². The van der Waals surface area contributed by atoms with Gasteiger partial charge in [-0.1, -0.05) is 5.92 Å². The van der Waals surface area contributed by atoms with Crippen LogP contribution in [0.4, 0.5) is 5.69 Å². The van der Waals surface area contributed by atoms with E-state index in [0.717, 1.165) is 6.42 Å². The summed E-state index contributed by atoms with van der Waals surface area (Å²) in [4.78, 5) is 10.4. The molecule has 1 N–H and O–H groups in total. The van der Waals surface area contributed by atoms with Gasteiger partial charge in [0.25, 0.3) is 0 Å². The molecule has 0 aliphatic heterocycles. The van der Waals surface area contributed by atoms with Crippen molar-refractivity contribution in [2.75, 3.05) is 32.0 Å². The van der Waals surface area contributed by atoms with Crippen molar-refractivity contribution in [1.29, 1.82) is 0 Å². The number of halogens is 1. The van der Waals surface area contributed by atoms with Crippen molar-refractivity contribution in [3.63, 3.8) is 0 Å². The summed E-state index contributed by atoms with van der Waals surface area (Å²) in [7, 11) is 3.08. The van der Waals surface area contributed by atoms with Crippen LogP contribution in [-0.4, -0.2) is 37.6 Å². The molecule has 22 heavy (non-hydrogen) atoms. The predicted molar refractivity (Wildman–Crippen MR) is 86.5 cm³/mol. The highest BCUT2D eigenvalue weighted by molar-refractivity contribution is 6.17. The minimum atomic E-state index is -0.604. The molecule has 0 saturated carbocycles. The van der Waals surface area contributed by atoms with Crippen molar-refractivity contribution < 1.29 is 14.4 Å². The maximum atomic E-state index is 10.8. The first kappa shape index (κ1) is 17.9. The van der Waals surface area contributed by atoms with Gasteiger partial charge in [-0.05, 0) is 18.6 Å². The normalized spacial score (nSPS) is 11.0. The van der Waals surface area contributed by atoms with E-state index in [9.17, 15) is 10.1 Å². The predicted octanol–water partition coefficient (Wildman–Crippen LogP) is 2.78. The molecule has 0 radical (unpaired) electrons. The van der Waals surface area contributed by atoms with Crippen molar-refractivity contribution in [3.05, 3.63) is 28.3 Å². The largest absolute Gasteiger partial charge is 0.497 e. The SMILES string of the molecule is COc1ccc(N[C@H](C#CCCCCl)C[N+](=O)[O-])c(OC)c1. The number of ether oxygens (including phenoxy) is 2. The first-order valence-corrected chi connectivity index (χ1v) is 7.29. The lowest BCUT2D eigenvalue weighted by molar-refractivity contribution is -0.479. The molecule has 1 atom stereocenters. The molecule has 0 aromatic heterocycles. The maximum Gasteiger partial charge on any atom is 0.234 e. The molecule has 0 spiro atoms. The molecular formula is C15H19ClN2O4. The van der Waals surface area contributed by atoms with Crippen LogP contribution in [0.1, 0.15) is 12.8 Å². The molecule has 1 aromatic rings. The Labute approximate surface area is 134 Å². The quantitative estimate of drug-likeness (QED) is 0.261. The number of hydrogen-bond donors (Lipinski definition) is 1. The highest BCUT2D eigenvalue weighted by Crippen LogP contribution is 2.29. The maximum absolute atomic E-state index is 10.8. The van der Waals surface area contributed by atoms with Gasteiger partial charge >= 0.3 is 0 Å². The number of hydrogen-bond acceptors (Lipinski definition) is 5. The van der Waals surface area contributed by atoms with Crippen LogP contribution in [0.3, 0.4) is 0 Å². The van der Waals surface area contributed by atoms with E-state index >= 15 is 0 Å². The van der Waals surface area contributed by atoms with Gasteiger partial charge in [-0.3, -0.25) is 10.1 Å². The van der Waals surface area contributed by atoms with Crippen molar-refractivity contribution in [2.24, 2.45) is 0 Å². The summed E-state index contributed by atoms with van der Waals surface area (Å²) in [6.45, 7) is -0.303. The average molecular weight is 327 g/mol. The standard InChI is InChI=1S/C15H19ClN2O4/c1-21-13-7-8-14(15(10-13)22-2)17-12(11-18(19)20)6-4-3-5-9-16/h7-8,10,12,17H,3,5,9,11H2,1-2H3/t12-/m1/s1. The molecule has 120 valence electrons. The molecule has 0 fully saturated rings. The Morgan fingerprint density at radius 3 is 2.77 bits per heavy atom. The molecule has 6 nitrogen and oxygen atoms in total. The Morgan fingerprint density at radius 2 is 2.18 bits per heavy atom. The Hall–Kier alpha value is -2.13. The fraction of sp³-hybridized carbons (Fsp3) is 0.467. The number of alkyl halides is 1. The minimum absolute atomic E-state index is 0.303. The molecule has 0 aliphatic rings. The van der Waals surface area contributed by atoms with Gasteiger partial charge in [-0.25, -0.2) is 0 Å².